The van der Waals surface area contributed by atoms with Crippen LogP contribution in [0.25, 0.3) is 0 Å². The Morgan fingerprint density at radius 1 is 1.47 bits per heavy atom. The van der Waals surface area contributed by atoms with Crippen molar-refractivity contribution in [1.29, 1.82) is 0 Å². The molecule has 15 heavy (non-hydrogen) atoms. The Bertz CT molecular complexity index is 413. The molecule has 3 N–H and O–H groups in total. The number of nitrogens with two attached hydrogens (primary N) is 1. The van der Waals surface area contributed by atoms with Gasteiger partial charge in [0.05, 0.1) is 0 Å². The van der Waals surface area contributed by atoms with E-state index in [4.69, 9.17) is 5.73 Å². The van der Waals surface area contributed by atoms with E-state index in [1.807, 2.05) is 0 Å². The predicted octanol–water partition coefficient (Wildman–Crippen LogP) is 1.15. The summed E-state index contributed by atoms with van der Waals surface area (Å²) < 4.78 is 0. The number of hydrogen-bond acceptors (Lipinski definition) is 3. The van der Waals surface area contributed by atoms with Crippen molar-refractivity contribution in [2.75, 3.05) is 30.9 Å². The zero-order valence-electron chi connectivity index (χ0n) is 9.25. The first kappa shape index (κ1) is 9.04. The minimum Gasteiger partial charge on any atom is -0.384 e. The summed E-state index contributed by atoms with van der Waals surface area (Å²) in [6.07, 6.45) is 1.13. The molecule has 1 spiro atoms. The highest BCUT2D eigenvalue weighted by atomic mass is 15.1. The van der Waals surface area contributed by atoms with Gasteiger partial charge in [-0.3, -0.25) is 0 Å². The molecule has 0 amide bonds. The van der Waals surface area contributed by atoms with Gasteiger partial charge in [-0.15, -0.1) is 0 Å². The van der Waals surface area contributed by atoms with E-state index in [-0.39, 0.29) is 5.41 Å². The average Bonchev–Trinajstić information content (AvgIpc) is 2.70. The van der Waals surface area contributed by atoms with Crippen molar-refractivity contribution in [3.63, 3.8) is 0 Å². The van der Waals surface area contributed by atoms with Crippen LogP contribution < -0.4 is 16.0 Å². The van der Waals surface area contributed by atoms with E-state index in [0.29, 0.717) is 6.04 Å². The number of nitrogens with zero attached hydrogens (tertiary/aromatic N) is 1. The van der Waals surface area contributed by atoms with Gasteiger partial charge >= 0.3 is 0 Å². The Kier molecular flexibility index (Phi) is 1.61. The summed E-state index contributed by atoms with van der Waals surface area (Å²) in [5.74, 6) is 0. The minimum atomic E-state index is 0.264. The normalized spacial score (nSPS) is 31.3. The van der Waals surface area contributed by atoms with Crippen LogP contribution in [0.15, 0.2) is 18.2 Å². The number of fused-ring (bicyclic) bond motifs is 2. The third-order valence-corrected chi connectivity index (χ3v) is 3.78. The lowest BCUT2D eigenvalue weighted by Crippen LogP contribution is -2.20. The van der Waals surface area contributed by atoms with Crippen molar-refractivity contribution in [3.05, 3.63) is 23.8 Å². The molecule has 0 bridgehead atoms. The zero-order chi connectivity index (χ0) is 10.6. The fraction of sp³-hybridized carbons (Fsp3) is 0.500. The first-order valence-electron chi connectivity index (χ1n) is 5.45. The quantitative estimate of drug-likeness (QED) is 0.719. The Morgan fingerprint density at radius 3 is 2.80 bits per heavy atom. The molecule has 1 saturated carbocycles. The van der Waals surface area contributed by atoms with Crippen LogP contribution in [0.5, 0.6) is 0 Å². The van der Waals surface area contributed by atoms with Crippen LogP contribution in [0.2, 0.25) is 0 Å². The van der Waals surface area contributed by atoms with E-state index in [0.717, 1.165) is 13.0 Å². The minimum absolute atomic E-state index is 0.264. The van der Waals surface area contributed by atoms with Crippen molar-refractivity contribution in [1.82, 2.24) is 0 Å². The van der Waals surface area contributed by atoms with Crippen LogP contribution >= 0.6 is 0 Å². The molecule has 2 aliphatic rings. The highest BCUT2D eigenvalue weighted by Crippen LogP contribution is 2.53. The lowest BCUT2D eigenvalue weighted by molar-refractivity contribution is 0.733. The van der Waals surface area contributed by atoms with Gasteiger partial charge in [0.15, 0.2) is 0 Å². The lowest BCUT2D eigenvalue weighted by Gasteiger charge is -2.14. The molecule has 3 nitrogen and oxygen atoms in total. The van der Waals surface area contributed by atoms with Crippen LogP contribution in [0, 0.1) is 0 Å². The summed E-state index contributed by atoms with van der Waals surface area (Å²) in [6.45, 7) is 1.01. The molecule has 1 aliphatic carbocycles. The monoisotopic (exact) mass is 203 g/mol. The average molecular weight is 203 g/mol. The van der Waals surface area contributed by atoms with Crippen molar-refractivity contribution < 1.29 is 0 Å². The van der Waals surface area contributed by atoms with Crippen molar-refractivity contribution in [3.8, 4) is 0 Å². The summed E-state index contributed by atoms with van der Waals surface area (Å²) in [7, 11) is 4.13. The summed E-state index contributed by atoms with van der Waals surface area (Å²) in [6, 6.07) is 6.99. The largest absolute Gasteiger partial charge is 0.384 e. The molecule has 3 heteroatoms. The van der Waals surface area contributed by atoms with Crippen LogP contribution in [-0.4, -0.2) is 26.7 Å². The van der Waals surface area contributed by atoms with Gasteiger partial charge in [-0.1, -0.05) is 6.07 Å². The van der Waals surface area contributed by atoms with Gasteiger partial charge in [0.1, 0.15) is 0 Å². The highest BCUT2D eigenvalue weighted by Gasteiger charge is 2.56. The van der Waals surface area contributed by atoms with Gasteiger partial charge < -0.3 is 16.0 Å². The van der Waals surface area contributed by atoms with E-state index >= 15 is 0 Å². The lowest BCUT2D eigenvalue weighted by atomic mass is 9.97. The Morgan fingerprint density at radius 2 is 2.20 bits per heavy atom. The third kappa shape index (κ3) is 1.10. The van der Waals surface area contributed by atoms with Gasteiger partial charge in [0.2, 0.25) is 0 Å². The van der Waals surface area contributed by atoms with Gasteiger partial charge in [0, 0.05) is 43.5 Å². The van der Waals surface area contributed by atoms with Crippen molar-refractivity contribution in [2.24, 2.45) is 5.73 Å². The molecule has 3 rings (SSSR count). The van der Waals surface area contributed by atoms with Gasteiger partial charge in [-0.25, -0.2) is 0 Å². The predicted molar refractivity (Wildman–Crippen MR) is 63.5 cm³/mol. The summed E-state index contributed by atoms with van der Waals surface area (Å²) in [4.78, 5) is 2.12. The first-order chi connectivity index (χ1) is 7.13. The maximum Gasteiger partial charge on any atom is 0.0400 e. The fourth-order valence-corrected chi connectivity index (χ4v) is 2.59. The second-order valence-corrected chi connectivity index (χ2v) is 4.94. The molecule has 0 saturated heterocycles. The fourth-order valence-electron chi connectivity index (χ4n) is 2.59. The van der Waals surface area contributed by atoms with Crippen molar-refractivity contribution >= 4 is 11.4 Å². The molecule has 0 radical (unpaired) electrons. The first-order valence-corrected chi connectivity index (χ1v) is 5.45. The second-order valence-electron chi connectivity index (χ2n) is 4.94. The maximum absolute atomic E-state index is 6.02. The van der Waals surface area contributed by atoms with Crippen molar-refractivity contribution in [2.45, 2.75) is 17.9 Å². The van der Waals surface area contributed by atoms with E-state index in [9.17, 15) is 0 Å². The van der Waals surface area contributed by atoms with Crippen LogP contribution in [0.4, 0.5) is 11.4 Å². The molecular weight excluding hydrogens is 186 g/mol. The highest BCUT2D eigenvalue weighted by molar-refractivity contribution is 5.70. The second kappa shape index (κ2) is 2.67. The van der Waals surface area contributed by atoms with Crippen LogP contribution in [0.1, 0.15) is 12.0 Å². The van der Waals surface area contributed by atoms with Gasteiger partial charge in [-0.2, -0.15) is 0 Å². The van der Waals surface area contributed by atoms with E-state index in [1.54, 1.807) is 0 Å². The molecule has 1 aromatic rings. The number of nitrogens with one attached hydrogen (secondary N) is 1. The summed E-state index contributed by atoms with van der Waals surface area (Å²) in [5.41, 5.74) is 10.2. The Hall–Kier alpha value is -1.22. The molecule has 2 atom stereocenters. The molecular formula is C12H17N3. The standard InChI is InChI=1S/C12H17N3/c1-15(2)8-3-4-9-10(5-8)14-7-12(9)6-11(12)13/h3-5,11,14H,6-7,13H2,1-2H3. The molecule has 1 aromatic carbocycles. The molecule has 2 unspecified atom stereocenters. The summed E-state index contributed by atoms with van der Waals surface area (Å²) in [5, 5.41) is 3.47. The molecule has 80 valence electrons. The smallest absolute Gasteiger partial charge is 0.0400 e. The van der Waals surface area contributed by atoms with E-state index in [1.165, 1.54) is 16.9 Å². The van der Waals surface area contributed by atoms with Gasteiger partial charge in [0.25, 0.3) is 0 Å². The van der Waals surface area contributed by atoms with E-state index < -0.39 is 0 Å². The number of anilines is 2. The third-order valence-electron chi connectivity index (χ3n) is 3.78. The van der Waals surface area contributed by atoms with E-state index in [2.05, 4.69) is 42.5 Å². The van der Waals surface area contributed by atoms with Crippen LogP contribution in [-0.2, 0) is 5.41 Å². The molecule has 1 aliphatic heterocycles. The van der Waals surface area contributed by atoms with Gasteiger partial charge in [-0.05, 0) is 24.1 Å². The Labute approximate surface area is 90.3 Å². The molecule has 0 aromatic heterocycles. The maximum atomic E-state index is 6.02. The number of benzene rings is 1. The number of hydrogen-bond donors (Lipinski definition) is 2. The Balaban J connectivity index is 2.03. The molecule has 1 fully saturated rings. The SMILES string of the molecule is CN(C)c1ccc2c(c1)NCC21CC1N. The van der Waals surface area contributed by atoms with Crippen LogP contribution in [0.3, 0.4) is 0 Å². The summed E-state index contributed by atoms with van der Waals surface area (Å²) >= 11 is 0. The molecule has 1 heterocycles. The topological polar surface area (TPSA) is 41.3 Å². The number of rotatable bonds is 1. The zero-order valence-corrected chi connectivity index (χ0v) is 9.25.